The number of benzene rings is 4. The van der Waals surface area contributed by atoms with E-state index in [1.54, 1.807) is 28.3 Å². The molecule has 1 fully saturated rings. The fourth-order valence-corrected chi connectivity index (χ4v) is 12.2. The molecule has 0 saturated carbocycles. The van der Waals surface area contributed by atoms with Crippen molar-refractivity contribution in [1.82, 2.24) is 14.9 Å². The number of nitrogens with zero attached hydrogens (tertiary/aromatic N) is 1. The van der Waals surface area contributed by atoms with Gasteiger partial charge in [-0.25, -0.2) is 4.79 Å². The number of amides is 1. The number of methoxy groups -OCH3 is 3. The van der Waals surface area contributed by atoms with Crippen LogP contribution in [0.5, 0.6) is 17.2 Å². The maximum atomic E-state index is 14.4. The van der Waals surface area contributed by atoms with Crippen molar-refractivity contribution in [1.29, 1.82) is 0 Å². The molecule has 1 saturated heterocycles. The average molecular weight is 976 g/mol. The van der Waals surface area contributed by atoms with Crippen molar-refractivity contribution in [3.63, 3.8) is 0 Å². The minimum atomic E-state index is -5.02. The third-order valence-corrected chi connectivity index (χ3v) is 20.4. The van der Waals surface area contributed by atoms with Crippen LogP contribution < -0.4 is 30.8 Å². The van der Waals surface area contributed by atoms with Crippen LogP contribution in [0.2, 0.25) is 18.1 Å². The number of aromatic amines is 1. The zero-order valence-corrected chi connectivity index (χ0v) is 41.7. The molecule has 0 aliphatic carbocycles. The van der Waals surface area contributed by atoms with Gasteiger partial charge in [-0.1, -0.05) is 101 Å². The van der Waals surface area contributed by atoms with E-state index in [-0.39, 0.29) is 51.2 Å². The first kappa shape index (κ1) is 52.6. The standard InChI is InChI=1S/C52H64F3N3O10Si/c1-35-31-58(47(61)57-45(35)59)49(34-66-29-14-13-28-56-46(60)52(53,54)55)33-50(62,69(8,9)48(2,3)4)43(68-49)44(67-32-36-16-15-19-42(30-36)65-7)51(37-17-11-10-12-18-37,38-20-24-40(63-5)25-21-38)39-22-26-41(64-6)27-23-39/h10-12,15-27,30-31,43-44,62H,13-14,28-29,32-34H2,1-9H3,(H,56,60)(H,57,59,61)/t43-,44?,49+,50-/m1/s1. The summed E-state index contributed by atoms with van der Waals surface area (Å²) < 4.78 is 78.3. The Kier molecular flexibility index (Phi) is 16.1. The summed E-state index contributed by atoms with van der Waals surface area (Å²) in [5, 5.41) is 13.9. The van der Waals surface area contributed by atoms with E-state index in [1.165, 1.54) is 10.8 Å². The van der Waals surface area contributed by atoms with Crippen LogP contribution in [-0.2, 0) is 36.8 Å². The number of alkyl halides is 3. The van der Waals surface area contributed by atoms with E-state index in [4.69, 9.17) is 28.4 Å². The van der Waals surface area contributed by atoms with Crippen LogP contribution in [-0.4, -0.2) is 93.3 Å². The van der Waals surface area contributed by atoms with E-state index in [0.717, 1.165) is 22.3 Å². The predicted molar refractivity (Wildman–Crippen MR) is 259 cm³/mol. The molecule has 1 aliphatic rings. The molecule has 17 heteroatoms. The van der Waals surface area contributed by atoms with Gasteiger partial charge in [0.15, 0.2) is 5.72 Å². The van der Waals surface area contributed by atoms with E-state index in [9.17, 15) is 32.7 Å². The molecule has 372 valence electrons. The molecule has 6 rings (SSSR count). The second-order valence-electron chi connectivity index (χ2n) is 19.1. The SMILES string of the molecule is COc1ccc(C(c2ccccc2)(c2ccc(OC)cc2)C(OCc2cccc(OC)c2)[C@H]2O[C@@](COCCCCNC(=O)C(F)(F)F)(n3cc(C)c(=O)[nH]c3=O)C[C@@]2(O)[Si](C)(C)C(C)(C)C)cc1. The van der Waals surface area contributed by atoms with Gasteiger partial charge in [-0.3, -0.25) is 19.1 Å². The van der Waals surface area contributed by atoms with Gasteiger partial charge in [-0.2, -0.15) is 13.2 Å². The van der Waals surface area contributed by atoms with Crippen LogP contribution in [0.4, 0.5) is 13.2 Å². The largest absolute Gasteiger partial charge is 0.497 e. The average Bonchev–Trinajstić information content (AvgIpc) is 3.64. The maximum Gasteiger partial charge on any atom is 0.471 e. The summed E-state index contributed by atoms with van der Waals surface area (Å²) in [6, 6.07) is 32.5. The minimum absolute atomic E-state index is 0.00227. The molecule has 1 aromatic heterocycles. The minimum Gasteiger partial charge on any atom is -0.497 e. The van der Waals surface area contributed by atoms with Crippen LogP contribution >= 0.6 is 0 Å². The monoisotopic (exact) mass is 975 g/mol. The van der Waals surface area contributed by atoms with Crippen LogP contribution in [0.3, 0.4) is 0 Å². The number of halogens is 3. The van der Waals surface area contributed by atoms with Crippen LogP contribution in [0.15, 0.2) is 119 Å². The number of aliphatic hydroxyl groups is 1. The van der Waals surface area contributed by atoms with Crippen molar-refractivity contribution in [3.8, 4) is 17.2 Å². The van der Waals surface area contributed by atoms with Gasteiger partial charge in [-0.05, 0) is 83.5 Å². The molecule has 69 heavy (non-hydrogen) atoms. The lowest BCUT2D eigenvalue weighted by molar-refractivity contribution is -0.191. The van der Waals surface area contributed by atoms with E-state index >= 15 is 0 Å². The quantitative estimate of drug-likeness (QED) is 0.0395. The number of H-pyrrole nitrogens is 1. The van der Waals surface area contributed by atoms with Gasteiger partial charge in [0.2, 0.25) is 0 Å². The fourth-order valence-electron chi connectivity index (χ4n) is 9.25. The molecule has 0 bridgehead atoms. The Balaban J connectivity index is 1.65. The number of ether oxygens (including phenoxy) is 6. The molecule has 0 spiro atoms. The summed E-state index contributed by atoms with van der Waals surface area (Å²) >= 11 is 0. The number of aryl methyl sites for hydroxylation is 1. The molecule has 1 unspecified atom stereocenters. The zero-order chi connectivity index (χ0) is 50.4. The normalized spacial score (nSPS) is 19.2. The molecule has 1 aliphatic heterocycles. The number of carbonyl (C=O) groups excluding carboxylic acids is 1. The molecule has 0 radical (unpaired) electrons. The molecular weight excluding hydrogens is 912 g/mol. The number of rotatable bonds is 20. The zero-order valence-electron chi connectivity index (χ0n) is 40.7. The lowest BCUT2D eigenvalue weighted by atomic mass is 9.63. The summed E-state index contributed by atoms with van der Waals surface area (Å²) in [5.74, 6) is -0.227. The Bertz CT molecular complexity index is 2590. The van der Waals surface area contributed by atoms with E-state index in [2.05, 4.69) is 38.8 Å². The van der Waals surface area contributed by atoms with Crippen molar-refractivity contribution in [2.45, 2.75) is 106 Å². The van der Waals surface area contributed by atoms with Crippen molar-refractivity contribution in [2.75, 3.05) is 41.1 Å². The highest BCUT2D eigenvalue weighted by Crippen LogP contribution is 2.58. The molecular formula is C52H64F3N3O10Si. The second-order valence-corrected chi connectivity index (χ2v) is 24.7. The first-order chi connectivity index (χ1) is 32.6. The third kappa shape index (κ3) is 10.7. The van der Waals surface area contributed by atoms with Gasteiger partial charge in [0.05, 0.1) is 53.3 Å². The summed E-state index contributed by atoms with van der Waals surface area (Å²) in [6.45, 7) is 11.3. The van der Waals surface area contributed by atoms with Gasteiger partial charge in [0.25, 0.3) is 5.56 Å². The van der Waals surface area contributed by atoms with Crippen LogP contribution in [0.1, 0.15) is 67.9 Å². The van der Waals surface area contributed by atoms with E-state index in [0.29, 0.717) is 17.2 Å². The summed E-state index contributed by atoms with van der Waals surface area (Å²) in [7, 11) is 1.56. The van der Waals surface area contributed by atoms with E-state index in [1.807, 2.05) is 108 Å². The fraction of sp³-hybridized carbons (Fsp3) is 0.442. The number of nitrogens with one attached hydrogen (secondary N) is 2. The molecule has 13 nitrogen and oxygen atoms in total. The van der Waals surface area contributed by atoms with Gasteiger partial charge < -0.3 is 38.8 Å². The van der Waals surface area contributed by atoms with Crippen molar-refractivity contribution in [3.05, 3.63) is 158 Å². The van der Waals surface area contributed by atoms with E-state index < -0.39 is 65.0 Å². The number of hydrogen-bond donors (Lipinski definition) is 3. The van der Waals surface area contributed by atoms with Gasteiger partial charge in [0.1, 0.15) is 29.5 Å². The molecule has 3 N–H and O–H groups in total. The van der Waals surface area contributed by atoms with Crippen LogP contribution in [0.25, 0.3) is 0 Å². The number of aromatic nitrogens is 2. The topological polar surface area (TPSA) is 160 Å². The summed E-state index contributed by atoms with van der Waals surface area (Å²) in [5.41, 5.74) is -1.33. The maximum absolute atomic E-state index is 14.4. The second kappa shape index (κ2) is 21.1. The lowest BCUT2D eigenvalue weighted by Gasteiger charge is -2.53. The van der Waals surface area contributed by atoms with Crippen molar-refractivity contribution in [2.24, 2.45) is 0 Å². The molecule has 5 aromatic rings. The Hall–Kier alpha value is -5.72. The third-order valence-electron chi connectivity index (χ3n) is 14.1. The van der Waals surface area contributed by atoms with Gasteiger partial charge >= 0.3 is 17.8 Å². The van der Waals surface area contributed by atoms with Crippen molar-refractivity contribution >= 4 is 14.0 Å². The Morgan fingerprint density at radius 3 is 1.99 bits per heavy atom. The van der Waals surface area contributed by atoms with Gasteiger partial charge in [0, 0.05) is 31.3 Å². The molecule has 2 heterocycles. The van der Waals surface area contributed by atoms with Crippen LogP contribution in [0, 0.1) is 6.92 Å². The number of hydrogen-bond acceptors (Lipinski definition) is 10. The first-order valence-corrected chi connectivity index (χ1v) is 25.8. The van der Waals surface area contributed by atoms with Crippen molar-refractivity contribution < 1.29 is 51.5 Å². The number of carbonyl (C=O) groups is 1. The summed E-state index contributed by atoms with van der Waals surface area (Å²) in [6.07, 6.45) is -5.88. The lowest BCUT2D eigenvalue weighted by Crippen LogP contribution is -2.68. The Morgan fingerprint density at radius 2 is 1.43 bits per heavy atom. The highest BCUT2D eigenvalue weighted by molar-refractivity contribution is 6.83. The Labute approximate surface area is 401 Å². The highest BCUT2D eigenvalue weighted by atomic mass is 28.3. The highest BCUT2D eigenvalue weighted by Gasteiger charge is 2.70. The summed E-state index contributed by atoms with van der Waals surface area (Å²) in [4.78, 5) is 41.2. The molecule has 4 atom stereocenters. The molecule has 1 amide bonds. The number of unbranched alkanes of at least 4 members (excludes halogenated alkanes) is 1. The Morgan fingerprint density at radius 1 is 0.855 bits per heavy atom. The predicted octanol–water partition coefficient (Wildman–Crippen LogP) is 8.19. The van der Waals surface area contributed by atoms with Gasteiger partial charge in [-0.15, -0.1) is 0 Å². The smallest absolute Gasteiger partial charge is 0.471 e. The molecule has 4 aromatic carbocycles. The first-order valence-electron chi connectivity index (χ1n) is 22.8.